The van der Waals surface area contributed by atoms with E-state index < -0.39 is 5.97 Å². The Bertz CT molecular complexity index is 607. The predicted molar refractivity (Wildman–Crippen MR) is 69.0 cm³/mol. The van der Waals surface area contributed by atoms with E-state index in [1.165, 1.54) is 6.20 Å². The number of ether oxygens (including phenoxy) is 1. The first-order valence-electron chi connectivity index (χ1n) is 5.53. The first-order valence-corrected chi connectivity index (χ1v) is 5.53. The average molecular weight is 243 g/mol. The van der Waals surface area contributed by atoms with Crippen molar-refractivity contribution in [2.75, 3.05) is 0 Å². The molecule has 0 amide bonds. The number of fused-ring (bicyclic) bond motifs is 1. The molecule has 2 rings (SSSR count). The summed E-state index contributed by atoms with van der Waals surface area (Å²) in [4.78, 5) is 15.6. The maximum Gasteiger partial charge on any atom is 0.340 e. The molecule has 4 heteroatoms. The molecule has 0 bridgehead atoms. The van der Waals surface area contributed by atoms with Crippen molar-refractivity contribution in [1.82, 2.24) is 4.98 Å². The number of hydrogen-bond acceptors (Lipinski definition) is 3. The highest BCUT2D eigenvalue weighted by atomic mass is 16.5. The molecule has 0 saturated heterocycles. The first-order chi connectivity index (χ1) is 8.63. The van der Waals surface area contributed by atoms with Gasteiger partial charge in [-0.1, -0.05) is 30.9 Å². The van der Waals surface area contributed by atoms with Crippen LogP contribution in [0.4, 0.5) is 0 Å². The van der Waals surface area contributed by atoms with E-state index in [2.05, 4.69) is 11.6 Å². The van der Waals surface area contributed by atoms with Gasteiger partial charge in [-0.15, -0.1) is 0 Å². The molecular formula is C14H13NO3. The summed E-state index contributed by atoms with van der Waals surface area (Å²) in [6.07, 6.45) is 2.76. The number of aromatic carboxylic acids is 1. The zero-order valence-electron chi connectivity index (χ0n) is 9.96. The minimum Gasteiger partial charge on any atom is -0.484 e. The van der Waals surface area contributed by atoms with E-state index in [9.17, 15) is 9.90 Å². The van der Waals surface area contributed by atoms with Crippen LogP contribution in [-0.4, -0.2) is 22.2 Å². The summed E-state index contributed by atoms with van der Waals surface area (Å²) in [5.74, 6) is -0.770. The second-order valence-corrected chi connectivity index (χ2v) is 3.88. The smallest absolute Gasteiger partial charge is 0.340 e. The zero-order valence-corrected chi connectivity index (χ0v) is 9.96. The monoisotopic (exact) mass is 243 g/mol. The number of benzene rings is 1. The Morgan fingerprint density at radius 2 is 2.22 bits per heavy atom. The van der Waals surface area contributed by atoms with Crippen molar-refractivity contribution in [1.29, 1.82) is 0 Å². The largest absolute Gasteiger partial charge is 0.484 e. The quantitative estimate of drug-likeness (QED) is 0.839. The lowest BCUT2D eigenvalue weighted by Crippen LogP contribution is -2.11. The Kier molecular flexibility index (Phi) is 3.28. The number of carbonyl (C=O) groups is 1. The van der Waals surface area contributed by atoms with E-state index >= 15 is 0 Å². The van der Waals surface area contributed by atoms with Crippen LogP contribution in [0.3, 0.4) is 0 Å². The summed E-state index contributed by atoms with van der Waals surface area (Å²) >= 11 is 0. The molecule has 1 atom stereocenters. The minimum absolute atomic E-state index is 0.134. The molecule has 18 heavy (non-hydrogen) atoms. The molecule has 2 aromatic rings. The van der Waals surface area contributed by atoms with E-state index in [0.29, 0.717) is 10.9 Å². The lowest BCUT2D eigenvalue weighted by Gasteiger charge is -2.13. The first kappa shape index (κ1) is 12.1. The number of carboxylic acids is 1. The molecule has 1 N–H and O–H groups in total. The number of para-hydroxylation sites is 1. The van der Waals surface area contributed by atoms with Gasteiger partial charge in [0, 0.05) is 5.39 Å². The standard InChI is InChI=1S/C14H13NO3/c1-3-9(2)18-12-8-15-11-7-5-4-6-10(11)13(12)14(16)17/h3-9H,1H2,2H3,(H,16,17). The fraction of sp³-hybridized carbons (Fsp3) is 0.143. The van der Waals surface area contributed by atoms with Gasteiger partial charge in [0.1, 0.15) is 11.7 Å². The molecule has 0 radical (unpaired) electrons. The van der Waals surface area contributed by atoms with Gasteiger partial charge >= 0.3 is 5.97 Å². The Morgan fingerprint density at radius 3 is 2.89 bits per heavy atom. The van der Waals surface area contributed by atoms with E-state index in [1.54, 1.807) is 31.2 Å². The Balaban J connectivity index is 2.63. The van der Waals surface area contributed by atoms with Gasteiger partial charge in [-0.05, 0) is 13.0 Å². The molecule has 1 heterocycles. The van der Waals surface area contributed by atoms with E-state index in [-0.39, 0.29) is 17.4 Å². The third kappa shape index (κ3) is 2.18. The normalized spacial score (nSPS) is 12.1. The molecular weight excluding hydrogens is 230 g/mol. The summed E-state index contributed by atoms with van der Waals surface area (Å²) < 4.78 is 5.50. The predicted octanol–water partition coefficient (Wildman–Crippen LogP) is 2.89. The molecule has 0 aliphatic rings. The van der Waals surface area contributed by atoms with Gasteiger partial charge in [-0.25, -0.2) is 4.79 Å². The average Bonchev–Trinajstić information content (AvgIpc) is 2.37. The SMILES string of the molecule is C=CC(C)Oc1cnc2ccccc2c1C(=O)O. The second kappa shape index (κ2) is 4.87. The van der Waals surface area contributed by atoms with Crippen molar-refractivity contribution in [3.63, 3.8) is 0 Å². The van der Waals surface area contributed by atoms with Crippen LogP contribution in [0.1, 0.15) is 17.3 Å². The van der Waals surface area contributed by atoms with Gasteiger partial charge in [0.25, 0.3) is 0 Å². The zero-order chi connectivity index (χ0) is 13.1. The number of carboxylic acid groups (broad SMARTS) is 1. The molecule has 1 aromatic carbocycles. The van der Waals surface area contributed by atoms with Crippen LogP contribution in [0.25, 0.3) is 10.9 Å². The number of rotatable bonds is 4. The summed E-state index contributed by atoms with van der Waals surface area (Å²) in [5.41, 5.74) is 0.766. The highest BCUT2D eigenvalue weighted by Crippen LogP contribution is 2.26. The topological polar surface area (TPSA) is 59.4 Å². The molecule has 0 spiro atoms. The van der Waals surface area contributed by atoms with E-state index in [0.717, 1.165) is 0 Å². The molecule has 0 fully saturated rings. The van der Waals surface area contributed by atoms with Gasteiger partial charge in [0.05, 0.1) is 11.7 Å². The highest BCUT2D eigenvalue weighted by molar-refractivity contribution is 6.04. The summed E-state index contributed by atoms with van der Waals surface area (Å²) in [5, 5.41) is 9.88. The maximum absolute atomic E-state index is 11.4. The fourth-order valence-electron chi connectivity index (χ4n) is 1.68. The second-order valence-electron chi connectivity index (χ2n) is 3.88. The van der Waals surface area contributed by atoms with Crippen molar-refractivity contribution >= 4 is 16.9 Å². The molecule has 92 valence electrons. The van der Waals surface area contributed by atoms with Crippen molar-refractivity contribution in [2.45, 2.75) is 13.0 Å². The van der Waals surface area contributed by atoms with Gasteiger partial charge in [0.15, 0.2) is 5.75 Å². The summed E-state index contributed by atoms with van der Waals surface area (Å²) in [6, 6.07) is 7.07. The molecule has 0 saturated carbocycles. The minimum atomic E-state index is -1.03. The number of pyridine rings is 1. The van der Waals surface area contributed by atoms with E-state index in [4.69, 9.17) is 4.74 Å². The number of aromatic nitrogens is 1. The van der Waals surface area contributed by atoms with Gasteiger partial charge in [-0.3, -0.25) is 4.98 Å². The summed E-state index contributed by atoms with van der Waals surface area (Å²) in [7, 11) is 0. The van der Waals surface area contributed by atoms with Crippen molar-refractivity contribution in [3.05, 3.63) is 48.7 Å². The Hall–Kier alpha value is -2.36. The fourth-order valence-corrected chi connectivity index (χ4v) is 1.68. The van der Waals surface area contributed by atoms with Crippen molar-refractivity contribution in [3.8, 4) is 5.75 Å². The van der Waals surface area contributed by atoms with Crippen molar-refractivity contribution in [2.24, 2.45) is 0 Å². The highest BCUT2D eigenvalue weighted by Gasteiger charge is 2.17. The third-order valence-electron chi connectivity index (χ3n) is 2.60. The lowest BCUT2D eigenvalue weighted by molar-refractivity contribution is 0.0693. The third-order valence-corrected chi connectivity index (χ3v) is 2.60. The summed E-state index contributed by atoms with van der Waals surface area (Å²) in [6.45, 7) is 5.39. The molecule has 0 aliphatic carbocycles. The van der Waals surface area contributed by atoms with E-state index in [1.807, 2.05) is 6.07 Å². The van der Waals surface area contributed by atoms with Crippen molar-refractivity contribution < 1.29 is 14.6 Å². The number of hydrogen-bond donors (Lipinski definition) is 1. The molecule has 4 nitrogen and oxygen atoms in total. The molecule has 1 unspecified atom stereocenters. The Morgan fingerprint density at radius 1 is 1.50 bits per heavy atom. The van der Waals surface area contributed by atoms with Gasteiger partial charge in [-0.2, -0.15) is 0 Å². The van der Waals surface area contributed by atoms with Gasteiger partial charge < -0.3 is 9.84 Å². The Labute approximate surface area is 105 Å². The maximum atomic E-state index is 11.4. The van der Waals surface area contributed by atoms with Crippen LogP contribution in [-0.2, 0) is 0 Å². The molecule has 0 aliphatic heterocycles. The van der Waals surface area contributed by atoms with Gasteiger partial charge in [0.2, 0.25) is 0 Å². The van der Waals surface area contributed by atoms with Crippen LogP contribution in [0, 0.1) is 0 Å². The molecule has 1 aromatic heterocycles. The van der Waals surface area contributed by atoms with Crippen LogP contribution in [0.2, 0.25) is 0 Å². The van der Waals surface area contributed by atoms with Crippen LogP contribution >= 0.6 is 0 Å². The lowest BCUT2D eigenvalue weighted by atomic mass is 10.1. The number of nitrogens with zero attached hydrogens (tertiary/aromatic N) is 1. The van der Waals surface area contributed by atoms with Crippen LogP contribution < -0.4 is 4.74 Å². The van der Waals surface area contributed by atoms with Crippen LogP contribution in [0.15, 0.2) is 43.1 Å². The van der Waals surface area contributed by atoms with Crippen LogP contribution in [0.5, 0.6) is 5.75 Å².